The van der Waals surface area contributed by atoms with E-state index < -0.39 is 6.03 Å². The average Bonchev–Trinajstić information content (AvgIpc) is 3.64. The molecule has 2 saturated heterocycles. The van der Waals surface area contributed by atoms with Crippen molar-refractivity contribution < 1.29 is 23.5 Å². The zero-order chi connectivity index (χ0) is 39.2. The van der Waals surface area contributed by atoms with Gasteiger partial charge in [-0.15, -0.1) is 0 Å². The predicted molar refractivity (Wildman–Crippen MR) is 214 cm³/mol. The minimum atomic E-state index is -0.549. The number of urea groups is 1. The number of ether oxygens (including phenoxy) is 2. The van der Waals surface area contributed by atoms with Crippen molar-refractivity contribution in [3.8, 4) is 22.6 Å². The van der Waals surface area contributed by atoms with Gasteiger partial charge in [-0.25, -0.2) is 9.18 Å². The number of carbonyl (C=O) groups is 2. The van der Waals surface area contributed by atoms with Gasteiger partial charge in [-0.1, -0.05) is 18.2 Å². The van der Waals surface area contributed by atoms with Gasteiger partial charge < -0.3 is 18.9 Å². The molecule has 2 fully saturated rings. The minimum Gasteiger partial charge on any atom is -0.496 e. The molecule has 0 saturated carbocycles. The molecule has 0 atom stereocenters. The van der Waals surface area contributed by atoms with Crippen molar-refractivity contribution in [2.75, 3.05) is 50.2 Å². The van der Waals surface area contributed by atoms with Gasteiger partial charge in [0.15, 0.2) is 11.6 Å². The van der Waals surface area contributed by atoms with Crippen LogP contribution in [0.15, 0.2) is 53.5 Å². The van der Waals surface area contributed by atoms with Crippen molar-refractivity contribution in [2.24, 2.45) is 13.0 Å². The fourth-order valence-corrected chi connectivity index (χ4v) is 8.79. The van der Waals surface area contributed by atoms with Crippen molar-refractivity contribution >= 4 is 34.3 Å². The highest BCUT2D eigenvalue weighted by Crippen LogP contribution is 2.39. The second-order valence-corrected chi connectivity index (χ2v) is 15.3. The SMILES string of the molecule is COc1cc(-c2cn(C)c(=O)c(C)c2C)cc(OC)c1CN1CCc2c(CC3CCN(c4ccc5c(N6CCC(=O)NC6=O)n[nH]c5c4F)CC3)cccc2C1. The van der Waals surface area contributed by atoms with E-state index in [1.165, 1.54) is 21.6 Å². The van der Waals surface area contributed by atoms with Crippen molar-refractivity contribution in [1.29, 1.82) is 0 Å². The Hall–Kier alpha value is -5.69. The van der Waals surface area contributed by atoms with Crippen LogP contribution in [0.3, 0.4) is 0 Å². The first-order valence-electron chi connectivity index (χ1n) is 19.3. The summed E-state index contributed by atoms with van der Waals surface area (Å²) < 4.78 is 29.4. The molecule has 5 heterocycles. The van der Waals surface area contributed by atoms with Crippen LogP contribution < -0.4 is 30.1 Å². The number of H-pyrrole nitrogens is 1. The lowest BCUT2D eigenvalue weighted by molar-refractivity contribution is -0.120. The number of rotatable bonds is 9. The van der Waals surface area contributed by atoms with Crippen molar-refractivity contribution in [2.45, 2.75) is 59.0 Å². The van der Waals surface area contributed by atoms with Gasteiger partial charge in [-0.05, 0) is 97.5 Å². The van der Waals surface area contributed by atoms with E-state index in [2.05, 4.69) is 43.5 Å². The molecule has 13 heteroatoms. The summed E-state index contributed by atoms with van der Waals surface area (Å²) in [6.07, 6.45) is 5.91. The first-order chi connectivity index (χ1) is 27.0. The van der Waals surface area contributed by atoms with Gasteiger partial charge in [0.2, 0.25) is 5.91 Å². The molecule has 3 amide bonds. The number of hydrogen-bond acceptors (Lipinski definition) is 8. The number of anilines is 2. The lowest BCUT2D eigenvalue weighted by Crippen LogP contribution is -2.49. The number of imide groups is 1. The Labute approximate surface area is 325 Å². The normalized spacial score (nSPS) is 16.7. The van der Waals surface area contributed by atoms with E-state index in [1.807, 2.05) is 32.2 Å². The Morgan fingerprint density at radius 1 is 0.929 bits per heavy atom. The van der Waals surface area contributed by atoms with Crippen LogP contribution in [0.1, 0.15) is 52.6 Å². The van der Waals surface area contributed by atoms with Gasteiger partial charge in [0, 0.05) is 75.4 Å². The molecule has 0 bridgehead atoms. The summed E-state index contributed by atoms with van der Waals surface area (Å²) in [5, 5.41) is 9.85. The third-order valence-corrected chi connectivity index (χ3v) is 12.1. The van der Waals surface area contributed by atoms with Crippen molar-refractivity contribution in [3.63, 3.8) is 0 Å². The average molecular weight is 762 g/mol. The zero-order valence-electron chi connectivity index (χ0n) is 32.6. The predicted octanol–water partition coefficient (Wildman–Crippen LogP) is 6.17. The first kappa shape index (κ1) is 37.2. The Morgan fingerprint density at radius 2 is 1.68 bits per heavy atom. The maximum atomic E-state index is 15.9. The second-order valence-electron chi connectivity index (χ2n) is 15.3. The summed E-state index contributed by atoms with van der Waals surface area (Å²) >= 11 is 0. The zero-order valence-corrected chi connectivity index (χ0v) is 32.6. The quantitative estimate of drug-likeness (QED) is 0.183. The number of methoxy groups -OCH3 is 2. The van der Waals surface area contributed by atoms with Crippen molar-refractivity contribution in [3.05, 3.63) is 98.2 Å². The smallest absolute Gasteiger partial charge is 0.329 e. The Balaban J connectivity index is 0.928. The van der Waals surface area contributed by atoms with Crippen LogP contribution in [0, 0.1) is 25.6 Å². The third kappa shape index (κ3) is 6.78. The first-order valence-corrected chi connectivity index (χ1v) is 19.3. The van der Waals surface area contributed by atoms with Gasteiger partial charge in [0.1, 0.15) is 17.0 Å². The number of pyridine rings is 1. The number of halogens is 1. The van der Waals surface area contributed by atoms with Gasteiger partial charge in [0.05, 0.1) is 25.5 Å². The van der Waals surface area contributed by atoms with Gasteiger partial charge in [0.25, 0.3) is 5.56 Å². The summed E-state index contributed by atoms with van der Waals surface area (Å²) in [7, 11) is 5.16. The van der Waals surface area contributed by atoms with E-state index in [0.29, 0.717) is 29.4 Å². The lowest BCUT2D eigenvalue weighted by Gasteiger charge is -2.35. The van der Waals surface area contributed by atoms with Crippen LogP contribution in [-0.4, -0.2) is 72.0 Å². The second kappa shape index (κ2) is 15.1. The molecule has 5 aromatic rings. The number of aromatic nitrogens is 3. The largest absolute Gasteiger partial charge is 0.496 e. The summed E-state index contributed by atoms with van der Waals surface area (Å²) in [5.74, 6) is 1.63. The molecule has 3 aliphatic rings. The highest BCUT2D eigenvalue weighted by atomic mass is 19.1. The van der Waals surface area contributed by atoms with Crippen molar-refractivity contribution in [1.82, 2.24) is 25.0 Å². The highest BCUT2D eigenvalue weighted by molar-refractivity contribution is 6.09. The van der Waals surface area contributed by atoms with Crippen LogP contribution in [0.25, 0.3) is 22.0 Å². The number of aryl methyl sites for hydroxylation is 1. The van der Waals surface area contributed by atoms with E-state index in [9.17, 15) is 14.4 Å². The molecule has 0 aliphatic carbocycles. The summed E-state index contributed by atoms with van der Waals surface area (Å²) in [6, 6.07) is 13.8. The molecule has 3 aromatic carbocycles. The fourth-order valence-electron chi connectivity index (χ4n) is 8.79. The lowest BCUT2D eigenvalue weighted by atomic mass is 9.85. The number of fused-ring (bicyclic) bond motifs is 2. The van der Waals surface area contributed by atoms with Crippen LogP contribution in [0.4, 0.5) is 20.7 Å². The van der Waals surface area contributed by atoms with Gasteiger partial charge in [-0.2, -0.15) is 5.10 Å². The molecule has 0 radical (unpaired) electrons. The number of nitrogens with zero attached hydrogens (tertiary/aromatic N) is 5. The third-order valence-electron chi connectivity index (χ3n) is 12.1. The molecule has 2 aromatic heterocycles. The minimum absolute atomic E-state index is 0.00152. The summed E-state index contributed by atoms with van der Waals surface area (Å²) in [6.45, 7) is 7.95. The van der Waals surface area contributed by atoms with Crippen LogP contribution in [0.5, 0.6) is 11.5 Å². The fraction of sp³-hybridized carbons (Fsp3) is 0.395. The highest BCUT2D eigenvalue weighted by Gasteiger charge is 2.30. The van der Waals surface area contributed by atoms with E-state index >= 15 is 4.39 Å². The Bertz CT molecular complexity index is 2390. The van der Waals surface area contributed by atoms with Crippen LogP contribution in [-0.2, 0) is 37.8 Å². The van der Waals surface area contributed by atoms with Gasteiger partial charge in [-0.3, -0.25) is 29.8 Å². The van der Waals surface area contributed by atoms with Crippen LogP contribution in [0.2, 0.25) is 0 Å². The molecule has 56 heavy (non-hydrogen) atoms. The molecular formula is C43H48FN7O5. The molecule has 3 aliphatic heterocycles. The number of benzene rings is 3. The molecular weight excluding hydrogens is 714 g/mol. The van der Waals surface area contributed by atoms with E-state index in [4.69, 9.17) is 9.47 Å². The number of nitrogens with one attached hydrogen (secondary N) is 2. The number of hydrogen-bond donors (Lipinski definition) is 2. The topological polar surface area (TPSA) is 125 Å². The Kier molecular flexibility index (Phi) is 10.0. The van der Waals surface area contributed by atoms with E-state index in [0.717, 1.165) is 91.2 Å². The van der Waals surface area contributed by atoms with E-state index in [1.54, 1.807) is 38.0 Å². The standard InChI is InChI=1S/C43H48FN7O5/c1-25-26(2)42(53)48(3)23-33(25)30-20-36(55-4)34(37(21-30)56-5)24-49-15-13-31-28(7-6-8-29(31)22-49)19-27-11-16-50(17-12-27)35-10-9-32-40(39(35)44)46-47-41(32)51-18-14-38(52)45-43(51)54/h6-10,20-21,23,27H,11-19,22,24H2,1-5H3,(H,46,47)(H,45,52,54). The monoisotopic (exact) mass is 761 g/mol. The molecule has 2 N–H and O–H groups in total. The molecule has 0 spiro atoms. The maximum Gasteiger partial charge on any atom is 0.329 e. The number of aromatic amines is 1. The number of amides is 3. The molecule has 12 nitrogen and oxygen atoms in total. The van der Waals surface area contributed by atoms with Gasteiger partial charge >= 0.3 is 6.03 Å². The maximum absolute atomic E-state index is 15.9. The summed E-state index contributed by atoms with van der Waals surface area (Å²) in [4.78, 5) is 42.5. The Morgan fingerprint density at radius 3 is 2.39 bits per heavy atom. The summed E-state index contributed by atoms with van der Waals surface area (Å²) in [5.41, 5.74) is 9.58. The molecule has 292 valence electrons. The molecule has 8 rings (SSSR count). The van der Waals surface area contributed by atoms with Crippen LogP contribution >= 0.6 is 0 Å². The number of carbonyl (C=O) groups excluding carboxylic acids is 2. The van der Waals surface area contributed by atoms with E-state index in [-0.39, 0.29) is 35.8 Å². The molecule has 0 unspecified atom stereocenters. The number of piperidine rings is 1.